The summed E-state index contributed by atoms with van der Waals surface area (Å²) in [5.74, 6) is 1.99. The lowest BCUT2D eigenvalue weighted by molar-refractivity contribution is 0.389. The summed E-state index contributed by atoms with van der Waals surface area (Å²) in [5.41, 5.74) is 8.55. The average molecular weight is 326 g/mol. The number of nitrogens with two attached hydrogens (primary N) is 1. The number of halogens is 1. The Labute approximate surface area is 120 Å². The Morgan fingerprint density at radius 3 is 2.42 bits per heavy atom. The molecular formula is C13H16BrN3O2. The van der Waals surface area contributed by atoms with E-state index >= 15 is 0 Å². The van der Waals surface area contributed by atoms with Gasteiger partial charge >= 0.3 is 0 Å². The number of anilines is 1. The number of aryl methyl sites for hydroxylation is 1. The molecule has 0 amide bonds. The molecule has 0 bridgehead atoms. The number of methoxy groups -OCH3 is 2. The van der Waals surface area contributed by atoms with Gasteiger partial charge < -0.3 is 15.2 Å². The zero-order chi connectivity index (χ0) is 14.2. The number of hydrogen-bond donors (Lipinski definition) is 1. The van der Waals surface area contributed by atoms with Gasteiger partial charge in [-0.1, -0.05) is 0 Å². The molecule has 0 aliphatic heterocycles. The van der Waals surface area contributed by atoms with Gasteiger partial charge in [-0.25, -0.2) is 0 Å². The van der Waals surface area contributed by atoms with Crippen molar-refractivity contribution < 1.29 is 9.47 Å². The second-order valence-corrected chi connectivity index (χ2v) is 4.94. The standard InChI is InChI=1S/C13H16BrN3O2/c1-7-9(18-3)6-5-8(12(7)19-4)11-10(14)13(15)16-17(11)2/h5-6H,1-4H3,(H2,15,16). The van der Waals surface area contributed by atoms with Crippen LogP contribution in [-0.2, 0) is 7.05 Å². The van der Waals surface area contributed by atoms with Crippen molar-refractivity contribution in [1.82, 2.24) is 9.78 Å². The molecule has 102 valence electrons. The van der Waals surface area contributed by atoms with Gasteiger partial charge in [0.05, 0.1) is 24.4 Å². The normalized spacial score (nSPS) is 10.6. The van der Waals surface area contributed by atoms with Crippen LogP contribution in [0.4, 0.5) is 5.82 Å². The molecule has 5 nitrogen and oxygen atoms in total. The summed E-state index contributed by atoms with van der Waals surface area (Å²) in [6, 6.07) is 3.84. The minimum absolute atomic E-state index is 0.452. The maximum absolute atomic E-state index is 5.82. The molecule has 19 heavy (non-hydrogen) atoms. The third kappa shape index (κ3) is 2.16. The molecule has 0 atom stereocenters. The van der Waals surface area contributed by atoms with Crippen LogP contribution in [0.5, 0.6) is 11.5 Å². The first-order chi connectivity index (χ1) is 9.01. The first-order valence-electron chi connectivity index (χ1n) is 5.71. The smallest absolute Gasteiger partial charge is 0.160 e. The van der Waals surface area contributed by atoms with E-state index in [0.29, 0.717) is 5.82 Å². The van der Waals surface area contributed by atoms with Crippen molar-refractivity contribution in [3.63, 3.8) is 0 Å². The van der Waals surface area contributed by atoms with Crippen LogP contribution in [0.25, 0.3) is 11.3 Å². The van der Waals surface area contributed by atoms with E-state index in [1.165, 1.54) is 0 Å². The van der Waals surface area contributed by atoms with Crippen LogP contribution in [0.15, 0.2) is 16.6 Å². The maximum atomic E-state index is 5.82. The van der Waals surface area contributed by atoms with E-state index in [4.69, 9.17) is 15.2 Å². The second-order valence-electron chi connectivity index (χ2n) is 4.15. The Morgan fingerprint density at radius 2 is 1.95 bits per heavy atom. The molecule has 1 heterocycles. The van der Waals surface area contributed by atoms with Gasteiger partial charge in [-0.3, -0.25) is 4.68 Å². The first kappa shape index (κ1) is 13.7. The molecule has 2 N–H and O–H groups in total. The van der Waals surface area contributed by atoms with Crippen molar-refractivity contribution >= 4 is 21.7 Å². The molecule has 1 aromatic heterocycles. The second kappa shape index (κ2) is 5.13. The third-order valence-electron chi connectivity index (χ3n) is 3.05. The van der Waals surface area contributed by atoms with Gasteiger partial charge in [0.2, 0.25) is 0 Å². The molecule has 0 radical (unpaired) electrons. The van der Waals surface area contributed by atoms with E-state index in [2.05, 4.69) is 21.0 Å². The minimum atomic E-state index is 0.452. The number of nitrogen functional groups attached to an aromatic ring is 1. The van der Waals surface area contributed by atoms with Gasteiger partial charge in [0.15, 0.2) is 5.82 Å². The SMILES string of the molecule is COc1ccc(-c2c(Br)c(N)nn2C)c(OC)c1C. The van der Waals surface area contributed by atoms with E-state index in [0.717, 1.165) is 32.8 Å². The highest BCUT2D eigenvalue weighted by atomic mass is 79.9. The summed E-state index contributed by atoms with van der Waals surface area (Å²) in [4.78, 5) is 0. The predicted molar refractivity (Wildman–Crippen MR) is 78.6 cm³/mol. The molecule has 0 spiro atoms. The largest absolute Gasteiger partial charge is 0.496 e. The summed E-state index contributed by atoms with van der Waals surface area (Å²) in [6.45, 7) is 1.95. The van der Waals surface area contributed by atoms with Crippen molar-refractivity contribution in [2.75, 3.05) is 20.0 Å². The molecule has 0 saturated carbocycles. The van der Waals surface area contributed by atoms with E-state index in [1.54, 1.807) is 18.9 Å². The van der Waals surface area contributed by atoms with E-state index in [1.807, 2.05) is 26.1 Å². The molecule has 0 aliphatic carbocycles. The summed E-state index contributed by atoms with van der Waals surface area (Å²) in [6.07, 6.45) is 0. The summed E-state index contributed by atoms with van der Waals surface area (Å²) >= 11 is 3.47. The monoisotopic (exact) mass is 325 g/mol. The third-order valence-corrected chi connectivity index (χ3v) is 3.83. The molecule has 2 aromatic rings. The highest BCUT2D eigenvalue weighted by Gasteiger charge is 2.20. The number of benzene rings is 1. The minimum Gasteiger partial charge on any atom is -0.496 e. The van der Waals surface area contributed by atoms with Crippen molar-refractivity contribution in [3.05, 3.63) is 22.2 Å². The topological polar surface area (TPSA) is 62.3 Å². The maximum Gasteiger partial charge on any atom is 0.160 e. The van der Waals surface area contributed by atoms with Crippen LogP contribution < -0.4 is 15.2 Å². The predicted octanol–water partition coefficient (Wildman–Crippen LogP) is 2.76. The molecule has 0 unspecified atom stereocenters. The molecule has 0 fully saturated rings. The zero-order valence-electron chi connectivity index (χ0n) is 11.3. The molecule has 2 rings (SSSR count). The molecule has 1 aromatic carbocycles. The van der Waals surface area contributed by atoms with Crippen molar-refractivity contribution in [3.8, 4) is 22.8 Å². The highest BCUT2D eigenvalue weighted by molar-refractivity contribution is 9.10. The van der Waals surface area contributed by atoms with E-state index in [9.17, 15) is 0 Å². The van der Waals surface area contributed by atoms with Crippen LogP contribution >= 0.6 is 15.9 Å². The lowest BCUT2D eigenvalue weighted by Crippen LogP contribution is -1.99. The number of aromatic nitrogens is 2. The Kier molecular flexibility index (Phi) is 3.71. The van der Waals surface area contributed by atoms with Crippen LogP contribution in [0.1, 0.15) is 5.56 Å². The first-order valence-corrected chi connectivity index (χ1v) is 6.50. The highest BCUT2D eigenvalue weighted by Crippen LogP contribution is 2.41. The fourth-order valence-electron chi connectivity index (χ4n) is 2.16. The number of hydrogen-bond acceptors (Lipinski definition) is 4. The Bertz CT molecular complexity index is 623. The van der Waals surface area contributed by atoms with E-state index in [-0.39, 0.29) is 0 Å². The van der Waals surface area contributed by atoms with Gasteiger partial charge in [0, 0.05) is 18.2 Å². The molecule has 6 heteroatoms. The average Bonchev–Trinajstić information content (AvgIpc) is 2.63. The van der Waals surface area contributed by atoms with Crippen LogP contribution in [0.2, 0.25) is 0 Å². The van der Waals surface area contributed by atoms with Crippen molar-refractivity contribution in [2.45, 2.75) is 6.92 Å². The quantitative estimate of drug-likeness (QED) is 0.942. The van der Waals surface area contributed by atoms with Crippen molar-refractivity contribution in [1.29, 1.82) is 0 Å². The molecule has 0 saturated heterocycles. The zero-order valence-corrected chi connectivity index (χ0v) is 12.9. The number of rotatable bonds is 3. The van der Waals surface area contributed by atoms with Crippen LogP contribution in [-0.4, -0.2) is 24.0 Å². The fourth-order valence-corrected chi connectivity index (χ4v) is 2.71. The van der Waals surface area contributed by atoms with Gasteiger partial charge in [0.25, 0.3) is 0 Å². The fraction of sp³-hybridized carbons (Fsp3) is 0.308. The number of nitrogens with zero attached hydrogens (tertiary/aromatic N) is 2. The van der Waals surface area contributed by atoms with Crippen LogP contribution in [0.3, 0.4) is 0 Å². The Balaban J connectivity index is 2.72. The van der Waals surface area contributed by atoms with Crippen molar-refractivity contribution in [2.24, 2.45) is 7.05 Å². The Morgan fingerprint density at radius 1 is 1.26 bits per heavy atom. The van der Waals surface area contributed by atoms with Gasteiger partial charge in [0.1, 0.15) is 11.5 Å². The van der Waals surface area contributed by atoms with Gasteiger partial charge in [-0.2, -0.15) is 5.10 Å². The lowest BCUT2D eigenvalue weighted by atomic mass is 10.1. The Hall–Kier alpha value is -1.69. The van der Waals surface area contributed by atoms with Crippen LogP contribution in [0, 0.1) is 6.92 Å². The number of ether oxygens (including phenoxy) is 2. The van der Waals surface area contributed by atoms with Gasteiger partial charge in [-0.05, 0) is 35.0 Å². The summed E-state index contributed by atoms with van der Waals surface area (Å²) in [7, 11) is 5.12. The molecule has 0 aliphatic rings. The lowest BCUT2D eigenvalue weighted by Gasteiger charge is -2.14. The van der Waals surface area contributed by atoms with Gasteiger partial charge in [-0.15, -0.1) is 0 Å². The summed E-state index contributed by atoms with van der Waals surface area (Å²) in [5, 5.41) is 4.20. The van der Waals surface area contributed by atoms with E-state index < -0.39 is 0 Å². The summed E-state index contributed by atoms with van der Waals surface area (Å²) < 4.78 is 13.3. The molecular weight excluding hydrogens is 310 g/mol.